The number of benzene rings is 1. The van der Waals surface area contributed by atoms with Gasteiger partial charge in [0.1, 0.15) is 5.82 Å². The molecule has 0 spiro atoms. The highest BCUT2D eigenvalue weighted by molar-refractivity contribution is 5.30. The monoisotopic (exact) mass is 263 g/mol. The molecule has 0 aliphatic carbocycles. The van der Waals surface area contributed by atoms with Gasteiger partial charge in [-0.2, -0.15) is 13.2 Å². The van der Waals surface area contributed by atoms with E-state index in [-0.39, 0.29) is 6.54 Å². The van der Waals surface area contributed by atoms with Crippen molar-refractivity contribution in [2.24, 2.45) is 0 Å². The average molecular weight is 263 g/mol. The lowest BCUT2D eigenvalue weighted by Gasteiger charge is -2.31. The topological polar surface area (TPSA) is 23.5 Å². The van der Waals surface area contributed by atoms with E-state index in [2.05, 4.69) is 0 Å². The largest absolute Gasteiger partial charge is 0.415 e. The molecule has 2 nitrogen and oxygen atoms in total. The van der Waals surface area contributed by atoms with E-state index >= 15 is 0 Å². The SMILES string of the molecule is O[C@@H](CN1CCc2cccc(F)c2C1)C(F)(F)F. The van der Waals surface area contributed by atoms with Crippen LogP contribution in [0.4, 0.5) is 17.6 Å². The Balaban J connectivity index is 2.06. The van der Waals surface area contributed by atoms with Crippen LogP contribution in [0.25, 0.3) is 0 Å². The highest BCUT2D eigenvalue weighted by Gasteiger charge is 2.39. The maximum absolute atomic E-state index is 13.5. The molecular weight excluding hydrogens is 250 g/mol. The van der Waals surface area contributed by atoms with Crippen molar-refractivity contribution < 1.29 is 22.7 Å². The lowest BCUT2D eigenvalue weighted by Crippen LogP contribution is -2.43. The van der Waals surface area contributed by atoms with Gasteiger partial charge in [0.15, 0.2) is 6.10 Å². The van der Waals surface area contributed by atoms with Gasteiger partial charge in [0.2, 0.25) is 0 Å². The van der Waals surface area contributed by atoms with E-state index in [0.717, 1.165) is 5.56 Å². The second-order valence-corrected chi connectivity index (χ2v) is 4.42. The average Bonchev–Trinajstić information content (AvgIpc) is 2.29. The number of rotatable bonds is 2. The number of aliphatic hydroxyl groups excluding tert-OH is 1. The first kappa shape index (κ1) is 13.3. The maximum Gasteiger partial charge on any atom is 0.415 e. The Labute approximate surface area is 102 Å². The minimum Gasteiger partial charge on any atom is -0.382 e. The van der Waals surface area contributed by atoms with Crippen LogP contribution in [0.15, 0.2) is 18.2 Å². The molecule has 18 heavy (non-hydrogen) atoms. The molecule has 1 aromatic rings. The van der Waals surface area contributed by atoms with Gasteiger partial charge < -0.3 is 5.11 Å². The Morgan fingerprint density at radius 3 is 2.72 bits per heavy atom. The summed E-state index contributed by atoms with van der Waals surface area (Å²) in [6.45, 7) is -0.0178. The third-order valence-corrected chi connectivity index (χ3v) is 3.10. The van der Waals surface area contributed by atoms with Gasteiger partial charge in [0, 0.05) is 25.2 Å². The van der Waals surface area contributed by atoms with Crippen LogP contribution in [0.1, 0.15) is 11.1 Å². The van der Waals surface area contributed by atoms with Crippen molar-refractivity contribution in [1.29, 1.82) is 0 Å². The summed E-state index contributed by atoms with van der Waals surface area (Å²) in [5, 5.41) is 8.99. The first-order valence-electron chi connectivity index (χ1n) is 5.61. The number of hydrogen-bond acceptors (Lipinski definition) is 2. The molecule has 0 fully saturated rings. The van der Waals surface area contributed by atoms with Crippen molar-refractivity contribution in [3.8, 4) is 0 Å². The minimum absolute atomic E-state index is 0.106. The molecule has 100 valence electrons. The predicted octanol–water partition coefficient (Wildman–Crippen LogP) is 2.11. The third-order valence-electron chi connectivity index (χ3n) is 3.10. The molecule has 1 aliphatic rings. The van der Waals surface area contributed by atoms with Crippen molar-refractivity contribution in [2.45, 2.75) is 25.2 Å². The summed E-state index contributed by atoms with van der Waals surface area (Å²) in [7, 11) is 0. The van der Waals surface area contributed by atoms with Crippen molar-refractivity contribution in [3.05, 3.63) is 35.1 Å². The normalized spacial score (nSPS) is 18.5. The summed E-state index contributed by atoms with van der Waals surface area (Å²) in [5.41, 5.74) is 1.26. The van der Waals surface area contributed by atoms with E-state index in [4.69, 9.17) is 5.11 Å². The van der Waals surface area contributed by atoms with Gasteiger partial charge in [-0.05, 0) is 18.1 Å². The number of fused-ring (bicyclic) bond motifs is 1. The van der Waals surface area contributed by atoms with Crippen molar-refractivity contribution in [3.63, 3.8) is 0 Å². The summed E-state index contributed by atoms with van der Waals surface area (Å²) in [6, 6.07) is 4.66. The van der Waals surface area contributed by atoms with Gasteiger partial charge in [0.25, 0.3) is 0 Å². The quantitative estimate of drug-likeness (QED) is 0.826. The number of β-amino-alcohol motifs (C(OH)–C–C–N with tert-alkyl or cyclic N) is 1. The van der Waals surface area contributed by atoms with E-state index in [1.165, 1.54) is 11.0 Å². The van der Waals surface area contributed by atoms with Crippen molar-refractivity contribution in [1.82, 2.24) is 4.90 Å². The Hall–Kier alpha value is -1.14. The second kappa shape index (κ2) is 4.85. The van der Waals surface area contributed by atoms with Crippen LogP contribution in [0.3, 0.4) is 0 Å². The van der Waals surface area contributed by atoms with Crippen LogP contribution in [0.5, 0.6) is 0 Å². The summed E-state index contributed by atoms with van der Waals surface area (Å²) < 4.78 is 50.2. The molecular formula is C12H13F4NO. The van der Waals surface area contributed by atoms with Crippen LogP contribution in [0, 0.1) is 5.82 Å². The van der Waals surface area contributed by atoms with Gasteiger partial charge in [-0.15, -0.1) is 0 Å². The van der Waals surface area contributed by atoms with Crippen LogP contribution < -0.4 is 0 Å². The van der Waals surface area contributed by atoms with Gasteiger partial charge in [-0.3, -0.25) is 4.90 Å². The number of aliphatic hydroxyl groups is 1. The Morgan fingerprint density at radius 1 is 1.33 bits per heavy atom. The van der Waals surface area contributed by atoms with Gasteiger partial charge >= 0.3 is 6.18 Å². The molecule has 1 aromatic carbocycles. The molecule has 0 amide bonds. The molecule has 2 rings (SSSR count). The summed E-state index contributed by atoms with van der Waals surface area (Å²) in [4.78, 5) is 1.42. The first-order valence-corrected chi connectivity index (χ1v) is 5.61. The van der Waals surface area contributed by atoms with Gasteiger partial charge in [0.05, 0.1) is 0 Å². The van der Waals surface area contributed by atoms with Crippen LogP contribution in [-0.2, 0) is 13.0 Å². The Kier molecular flexibility index (Phi) is 3.59. The molecule has 0 saturated heterocycles. The van der Waals surface area contributed by atoms with E-state index in [9.17, 15) is 17.6 Å². The molecule has 0 radical (unpaired) electrons. The maximum atomic E-state index is 13.5. The van der Waals surface area contributed by atoms with Crippen LogP contribution >= 0.6 is 0 Å². The van der Waals surface area contributed by atoms with Crippen molar-refractivity contribution >= 4 is 0 Å². The van der Waals surface area contributed by atoms with E-state index in [1.54, 1.807) is 12.1 Å². The molecule has 1 N–H and O–H groups in total. The Morgan fingerprint density at radius 2 is 2.06 bits per heavy atom. The molecule has 0 unspecified atom stereocenters. The summed E-state index contributed by atoms with van der Waals surface area (Å²) in [6.07, 6.45) is -6.52. The molecule has 0 bridgehead atoms. The van der Waals surface area contributed by atoms with E-state index < -0.39 is 24.6 Å². The third kappa shape index (κ3) is 2.81. The standard InChI is InChI=1S/C12H13F4NO/c13-10-3-1-2-8-4-5-17(6-9(8)10)7-11(18)12(14,15)16/h1-3,11,18H,4-7H2/t11-/m0/s1. The molecule has 1 aliphatic heterocycles. The van der Waals surface area contributed by atoms with Crippen molar-refractivity contribution in [2.75, 3.05) is 13.1 Å². The number of nitrogens with zero attached hydrogens (tertiary/aromatic N) is 1. The predicted molar refractivity (Wildman–Crippen MR) is 57.4 cm³/mol. The lowest BCUT2D eigenvalue weighted by atomic mass is 9.99. The van der Waals surface area contributed by atoms with E-state index in [0.29, 0.717) is 18.5 Å². The lowest BCUT2D eigenvalue weighted by molar-refractivity contribution is -0.208. The zero-order valence-corrected chi connectivity index (χ0v) is 9.54. The van der Waals surface area contributed by atoms with E-state index in [1.807, 2.05) is 0 Å². The molecule has 0 saturated carbocycles. The second-order valence-electron chi connectivity index (χ2n) is 4.42. The molecule has 1 heterocycles. The Bertz CT molecular complexity index is 433. The van der Waals surface area contributed by atoms with Crippen LogP contribution in [0.2, 0.25) is 0 Å². The highest BCUT2D eigenvalue weighted by Crippen LogP contribution is 2.25. The number of alkyl halides is 3. The van der Waals surface area contributed by atoms with Gasteiger partial charge in [-0.1, -0.05) is 12.1 Å². The van der Waals surface area contributed by atoms with Crippen LogP contribution in [-0.4, -0.2) is 35.4 Å². The fraction of sp³-hybridized carbons (Fsp3) is 0.500. The first-order chi connectivity index (χ1) is 8.38. The fourth-order valence-corrected chi connectivity index (χ4v) is 2.10. The minimum atomic E-state index is -4.63. The zero-order valence-electron chi connectivity index (χ0n) is 9.54. The molecule has 6 heteroatoms. The molecule has 0 aromatic heterocycles. The zero-order chi connectivity index (χ0) is 13.3. The highest BCUT2D eigenvalue weighted by atomic mass is 19.4. The number of hydrogen-bond donors (Lipinski definition) is 1. The smallest absolute Gasteiger partial charge is 0.382 e. The molecule has 1 atom stereocenters. The fourth-order valence-electron chi connectivity index (χ4n) is 2.10. The summed E-state index contributed by atoms with van der Waals surface area (Å²) >= 11 is 0. The number of halogens is 4. The summed E-state index contributed by atoms with van der Waals surface area (Å²) in [5.74, 6) is -0.404. The van der Waals surface area contributed by atoms with Gasteiger partial charge in [-0.25, -0.2) is 4.39 Å².